The van der Waals surface area contributed by atoms with Gasteiger partial charge in [-0.15, -0.1) is 24.0 Å². The summed E-state index contributed by atoms with van der Waals surface area (Å²) in [4.78, 5) is 31.7. The van der Waals surface area contributed by atoms with Crippen LogP contribution in [-0.4, -0.2) is 73.9 Å². The third-order valence-electron chi connectivity index (χ3n) is 3.68. The van der Waals surface area contributed by atoms with Gasteiger partial charge in [-0.1, -0.05) is 6.92 Å². The van der Waals surface area contributed by atoms with E-state index in [-0.39, 0.29) is 54.9 Å². The number of likely N-dealkylation sites (tertiary alicyclic amines) is 1. The van der Waals surface area contributed by atoms with E-state index < -0.39 is 0 Å². The molecule has 0 saturated carbocycles. The number of nitrogens with zero attached hydrogens (tertiary/aromatic N) is 3. The number of hydrogen-bond donors (Lipinski definition) is 2. The molecule has 1 rings (SSSR count). The van der Waals surface area contributed by atoms with Crippen molar-refractivity contribution < 1.29 is 9.59 Å². The molecule has 1 aliphatic heterocycles. The van der Waals surface area contributed by atoms with Crippen molar-refractivity contribution in [3.05, 3.63) is 0 Å². The second-order valence-corrected chi connectivity index (χ2v) is 6.70. The molecule has 1 saturated heterocycles. The molecule has 0 aromatic rings. The molecule has 140 valence electrons. The Hall–Kier alpha value is -1.06. The summed E-state index contributed by atoms with van der Waals surface area (Å²) in [6.45, 7) is 8.10. The van der Waals surface area contributed by atoms with Gasteiger partial charge in [0, 0.05) is 33.2 Å². The third kappa shape index (κ3) is 8.70. The predicted octanol–water partition coefficient (Wildman–Crippen LogP) is 0.895. The largest absolute Gasteiger partial charge is 0.352 e. The summed E-state index contributed by atoms with van der Waals surface area (Å²) in [5.41, 5.74) is 0. The molecule has 1 unspecified atom stereocenters. The van der Waals surface area contributed by atoms with E-state index in [4.69, 9.17) is 0 Å². The lowest BCUT2D eigenvalue weighted by molar-refractivity contribution is -0.127. The van der Waals surface area contributed by atoms with E-state index in [1.807, 2.05) is 13.8 Å². The van der Waals surface area contributed by atoms with Crippen molar-refractivity contribution in [3.63, 3.8) is 0 Å². The lowest BCUT2D eigenvalue weighted by atomic mass is 10.0. The highest BCUT2D eigenvalue weighted by atomic mass is 127. The summed E-state index contributed by atoms with van der Waals surface area (Å²) in [5.74, 6) is 1.10. The average molecular weight is 453 g/mol. The normalized spacial score (nSPS) is 18.0. The topological polar surface area (TPSA) is 77.0 Å². The lowest BCUT2D eigenvalue weighted by Gasteiger charge is -2.33. The van der Waals surface area contributed by atoms with Crippen molar-refractivity contribution in [3.8, 4) is 0 Å². The molecule has 0 bridgehead atoms. The van der Waals surface area contributed by atoms with Gasteiger partial charge in [-0.05, 0) is 32.6 Å². The molecule has 0 spiro atoms. The van der Waals surface area contributed by atoms with Crippen LogP contribution >= 0.6 is 24.0 Å². The second kappa shape index (κ2) is 11.5. The number of carbonyl (C=O) groups excluding carboxylic acids is 2. The van der Waals surface area contributed by atoms with Crippen LogP contribution < -0.4 is 10.6 Å². The van der Waals surface area contributed by atoms with E-state index in [0.29, 0.717) is 11.9 Å². The molecule has 0 aromatic carbocycles. The smallest absolute Gasteiger partial charge is 0.242 e. The number of nitrogens with one attached hydrogen (secondary N) is 2. The lowest BCUT2D eigenvalue weighted by Crippen LogP contribution is -2.49. The fraction of sp³-hybridized carbons (Fsp3) is 0.812. The summed E-state index contributed by atoms with van der Waals surface area (Å²) in [6, 6.07) is 0.0967. The first-order chi connectivity index (χ1) is 10.8. The zero-order valence-electron chi connectivity index (χ0n) is 15.5. The van der Waals surface area contributed by atoms with E-state index in [9.17, 15) is 9.59 Å². The predicted molar refractivity (Wildman–Crippen MR) is 108 cm³/mol. The van der Waals surface area contributed by atoms with E-state index in [1.165, 1.54) is 11.3 Å². The Morgan fingerprint density at radius 2 is 2.00 bits per heavy atom. The highest BCUT2D eigenvalue weighted by Gasteiger charge is 2.20. The molecule has 1 heterocycles. The summed E-state index contributed by atoms with van der Waals surface area (Å²) < 4.78 is 0. The maximum Gasteiger partial charge on any atom is 0.242 e. The number of amides is 2. The first-order valence-electron chi connectivity index (χ1n) is 8.32. The molecule has 0 radical (unpaired) electrons. The van der Waals surface area contributed by atoms with Crippen LogP contribution in [0.4, 0.5) is 0 Å². The minimum absolute atomic E-state index is 0. The Bertz CT molecular complexity index is 440. The van der Waals surface area contributed by atoms with Gasteiger partial charge in [-0.2, -0.15) is 0 Å². The first-order valence-corrected chi connectivity index (χ1v) is 8.32. The van der Waals surface area contributed by atoms with Gasteiger partial charge in [-0.3, -0.25) is 9.59 Å². The van der Waals surface area contributed by atoms with E-state index in [0.717, 1.165) is 19.5 Å². The van der Waals surface area contributed by atoms with Gasteiger partial charge in [0.2, 0.25) is 11.8 Å². The zero-order valence-corrected chi connectivity index (χ0v) is 17.8. The molecular formula is C16H32IN5O2. The molecule has 8 heteroatoms. The van der Waals surface area contributed by atoms with Gasteiger partial charge in [-0.25, -0.2) is 4.99 Å². The number of rotatable bonds is 5. The molecular weight excluding hydrogens is 421 g/mol. The maximum absolute atomic E-state index is 11.8. The van der Waals surface area contributed by atoms with Crippen LogP contribution in [0.25, 0.3) is 0 Å². The first kappa shape index (κ1) is 22.9. The molecule has 2 N–H and O–H groups in total. The number of hydrogen-bond acceptors (Lipinski definition) is 3. The van der Waals surface area contributed by atoms with Crippen LogP contribution in [0.5, 0.6) is 0 Å². The molecule has 2 amide bonds. The number of aliphatic imine (C=N–C) groups is 1. The summed E-state index contributed by atoms with van der Waals surface area (Å²) in [5, 5.41) is 5.93. The third-order valence-corrected chi connectivity index (χ3v) is 3.68. The van der Waals surface area contributed by atoms with Crippen LogP contribution in [0.15, 0.2) is 4.99 Å². The fourth-order valence-corrected chi connectivity index (χ4v) is 2.48. The van der Waals surface area contributed by atoms with Gasteiger partial charge in [0.05, 0.1) is 6.54 Å². The molecule has 0 aliphatic carbocycles. The van der Waals surface area contributed by atoms with Crippen LogP contribution in [-0.2, 0) is 9.59 Å². The van der Waals surface area contributed by atoms with Gasteiger partial charge in [0.15, 0.2) is 5.96 Å². The Morgan fingerprint density at radius 3 is 2.54 bits per heavy atom. The Labute approximate surface area is 162 Å². The number of halogens is 1. The van der Waals surface area contributed by atoms with Crippen LogP contribution in [0, 0.1) is 5.92 Å². The summed E-state index contributed by atoms with van der Waals surface area (Å²) in [6.07, 6.45) is 2.30. The van der Waals surface area contributed by atoms with Crippen molar-refractivity contribution in [2.45, 2.75) is 39.7 Å². The number of piperidine rings is 1. The van der Waals surface area contributed by atoms with Gasteiger partial charge in [0.25, 0.3) is 0 Å². The van der Waals surface area contributed by atoms with Gasteiger partial charge >= 0.3 is 0 Å². The second-order valence-electron chi connectivity index (χ2n) is 6.70. The van der Waals surface area contributed by atoms with E-state index in [1.54, 1.807) is 14.1 Å². The van der Waals surface area contributed by atoms with Gasteiger partial charge in [0.1, 0.15) is 6.54 Å². The van der Waals surface area contributed by atoms with Crippen LogP contribution in [0.3, 0.4) is 0 Å². The van der Waals surface area contributed by atoms with E-state index >= 15 is 0 Å². The van der Waals surface area contributed by atoms with Crippen molar-refractivity contribution >= 4 is 41.8 Å². The number of likely N-dealkylation sites (N-methyl/N-ethyl adjacent to an activating group) is 1. The Kier molecular flexibility index (Phi) is 11.0. The van der Waals surface area contributed by atoms with Crippen molar-refractivity contribution in [1.82, 2.24) is 20.4 Å². The summed E-state index contributed by atoms with van der Waals surface area (Å²) >= 11 is 0. The number of guanidine groups is 1. The van der Waals surface area contributed by atoms with E-state index in [2.05, 4.69) is 27.4 Å². The summed E-state index contributed by atoms with van der Waals surface area (Å²) in [7, 11) is 3.44. The Balaban J connectivity index is 0.00000529. The Morgan fingerprint density at radius 1 is 1.33 bits per heavy atom. The standard InChI is InChI=1S/C16H31N5O2.HI/c1-12(2)19-14(22)9-17-16(18-10-15(23)20(4)5)21-8-6-7-13(3)11-21;/h12-13H,6-11H2,1-5H3,(H,17,18)(H,19,22);1H. The van der Waals surface area contributed by atoms with Crippen molar-refractivity contribution in [1.29, 1.82) is 0 Å². The highest BCUT2D eigenvalue weighted by Crippen LogP contribution is 2.15. The number of carbonyl (C=O) groups is 2. The van der Waals surface area contributed by atoms with Crippen LogP contribution in [0.2, 0.25) is 0 Å². The molecule has 1 atom stereocenters. The highest BCUT2D eigenvalue weighted by molar-refractivity contribution is 14.0. The minimum atomic E-state index is -0.108. The fourth-order valence-electron chi connectivity index (χ4n) is 2.48. The monoisotopic (exact) mass is 453 g/mol. The molecule has 0 aromatic heterocycles. The zero-order chi connectivity index (χ0) is 17.4. The molecule has 24 heavy (non-hydrogen) atoms. The average Bonchev–Trinajstić information content (AvgIpc) is 2.46. The van der Waals surface area contributed by atoms with Crippen molar-refractivity contribution in [2.24, 2.45) is 10.9 Å². The molecule has 7 nitrogen and oxygen atoms in total. The maximum atomic E-state index is 11.8. The SMILES string of the molecule is CC1CCCN(C(=NCC(=O)NC(C)C)NCC(=O)N(C)C)C1.I. The minimum Gasteiger partial charge on any atom is -0.352 e. The quantitative estimate of drug-likeness (QED) is 0.369. The van der Waals surface area contributed by atoms with Crippen LogP contribution in [0.1, 0.15) is 33.6 Å². The van der Waals surface area contributed by atoms with Gasteiger partial charge < -0.3 is 20.4 Å². The van der Waals surface area contributed by atoms with Crippen molar-refractivity contribution in [2.75, 3.05) is 40.3 Å². The molecule has 1 fully saturated rings. The molecule has 1 aliphatic rings.